The molecule has 2 rings (SSSR count). The number of nitrogens with one attached hydrogen (secondary N) is 1. The molecule has 0 fully saturated rings. The maximum Gasteiger partial charge on any atom is 0.165 e. The van der Waals surface area contributed by atoms with E-state index in [1.165, 1.54) is 6.26 Å². The molecule has 0 atom stereocenters. The Kier molecular flexibility index (Phi) is 2.69. The number of nitrogen functional groups attached to an aromatic ring is 1. The second-order valence-corrected chi connectivity index (χ2v) is 3.09. The summed E-state index contributed by atoms with van der Waals surface area (Å²) in [5, 5.41) is 15.5. The third kappa shape index (κ3) is 2.09. The summed E-state index contributed by atoms with van der Waals surface area (Å²) in [6.45, 7) is 0.484. The molecule has 0 saturated carbocycles. The van der Waals surface area contributed by atoms with Crippen molar-refractivity contribution in [2.24, 2.45) is 0 Å². The van der Waals surface area contributed by atoms with Crippen molar-refractivity contribution in [1.29, 1.82) is 5.26 Å². The van der Waals surface area contributed by atoms with E-state index >= 15 is 0 Å². The van der Waals surface area contributed by atoms with Gasteiger partial charge in [-0.2, -0.15) is 5.26 Å². The smallest absolute Gasteiger partial charge is 0.165 e. The van der Waals surface area contributed by atoms with E-state index in [0.717, 1.165) is 5.69 Å². The molecule has 80 valence electrons. The monoisotopic (exact) mass is 215 g/mol. The second-order valence-electron chi connectivity index (χ2n) is 3.09. The highest BCUT2D eigenvalue weighted by Gasteiger charge is 2.02. The zero-order chi connectivity index (χ0) is 11.4. The summed E-state index contributed by atoms with van der Waals surface area (Å²) < 4.78 is 4.68. The summed E-state index contributed by atoms with van der Waals surface area (Å²) in [6, 6.07) is 7.00. The van der Waals surface area contributed by atoms with Crippen LogP contribution < -0.4 is 11.1 Å². The molecule has 0 unspecified atom stereocenters. The average Bonchev–Trinajstić information content (AvgIpc) is 2.81. The Hall–Kier alpha value is -2.55. The SMILES string of the molecule is N#Cc1nc(NCc2ccon2)ccc1N. The van der Waals surface area contributed by atoms with E-state index in [9.17, 15) is 0 Å². The van der Waals surface area contributed by atoms with Crippen LogP contribution in [0.5, 0.6) is 0 Å². The molecule has 0 bridgehead atoms. The zero-order valence-corrected chi connectivity index (χ0v) is 8.34. The zero-order valence-electron chi connectivity index (χ0n) is 8.34. The first kappa shape index (κ1) is 9.98. The van der Waals surface area contributed by atoms with E-state index < -0.39 is 0 Å². The number of nitrogens with two attached hydrogens (primary N) is 1. The van der Waals surface area contributed by atoms with Gasteiger partial charge in [0.05, 0.1) is 12.2 Å². The molecule has 3 N–H and O–H groups in total. The lowest BCUT2D eigenvalue weighted by Crippen LogP contribution is -2.03. The van der Waals surface area contributed by atoms with Crippen LogP contribution in [0.2, 0.25) is 0 Å². The van der Waals surface area contributed by atoms with E-state index in [-0.39, 0.29) is 5.69 Å². The summed E-state index contributed by atoms with van der Waals surface area (Å²) in [5.74, 6) is 0.578. The summed E-state index contributed by atoms with van der Waals surface area (Å²) >= 11 is 0. The van der Waals surface area contributed by atoms with Crippen LogP contribution in [-0.2, 0) is 6.54 Å². The van der Waals surface area contributed by atoms with Crippen molar-refractivity contribution in [3.05, 3.63) is 35.9 Å². The number of hydrogen-bond acceptors (Lipinski definition) is 6. The Morgan fingerprint density at radius 2 is 2.31 bits per heavy atom. The van der Waals surface area contributed by atoms with Crippen molar-refractivity contribution < 1.29 is 4.52 Å². The number of aromatic nitrogens is 2. The minimum Gasteiger partial charge on any atom is -0.396 e. The Labute approximate surface area is 91.7 Å². The summed E-state index contributed by atoms with van der Waals surface area (Å²) in [7, 11) is 0. The Balaban J connectivity index is 2.08. The molecule has 0 spiro atoms. The molecule has 0 amide bonds. The van der Waals surface area contributed by atoms with Crippen LogP contribution in [0.15, 0.2) is 29.0 Å². The van der Waals surface area contributed by atoms with Gasteiger partial charge in [-0.1, -0.05) is 5.16 Å². The van der Waals surface area contributed by atoms with Crippen molar-refractivity contribution in [2.45, 2.75) is 6.54 Å². The summed E-state index contributed by atoms with van der Waals surface area (Å²) in [6.07, 6.45) is 1.49. The summed E-state index contributed by atoms with van der Waals surface area (Å²) in [5.41, 5.74) is 6.89. The fourth-order valence-corrected chi connectivity index (χ4v) is 1.17. The number of pyridine rings is 1. The van der Waals surface area contributed by atoms with Crippen LogP contribution in [-0.4, -0.2) is 10.1 Å². The van der Waals surface area contributed by atoms with Crippen molar-refractivity contribution >= 4 is 11.5 Å². The Bertz CT molecular complexity index is 515. The van der Waals surface area contributed by atoms with Gasteiger partial charge in [0, 0.05) is 6.07 Å². The van der Waals surface area contributed by atoms with Crippen molar-refractivity contribution in [3.8, 4) is 6.07 Å². The van der Waals surface area contributed by atoms with Crippen LogP contribution in [0.25, 0.3) is 0 Å². The number of nitrogens with zero attached hydrogens (tertiary/aromatic N) is 3. The minimum atomic E-state index is 0.213. The van der Waals surface area contributed by atoms with E-state index in [0.29, 0.717) is 18.1 Å². The molecule has 0 aliphatic heterocycles. The molecule has 16 heavy (non-hydrogen) atoms. The third-order valence-corrected chi connectivity index (χ3v) is 1.97. The molecular formula is C10H9N5O. The molecule has 0 aromatic carbocycles. The van der Waals surface area contributed by atoms with E-state index in [2.05, 4.69) is 20.0 Å². The molecule has 6 heteroatoms. The number of rotatable bonds is 3. The first-order valence-electron chi connectivity index (χ1n) is 4.59. The fourth-order valence-electron chi connectivity index (χ4n) is 1.17. The van der Waals surface area contributed by atoms with Crippen LogP contribution in [0, 0.1) is 11.3 Å². The molecule has 0 radical (unpaired) electrons. The first-order valence-corrected chi connectivity index (χ1v) is 4.59. The number of nitriles is 1. The highest BCUT2D eigenvalue weighted by Crippen LogP contribution is 2.12. The van der Waals surface area contributed by atoms with Gasteiger partial charge in [-0.3, -0.25) is 0 Å². The summed E-state index contributed by atoms with van der Waals surface area (Å²) in [4.78, 5) is 4.03. The van der Waals surface area contributed by atoms with E-state index in [4.69, 9.17) is 11.0 Å². The van der Waals surface area contributed by atoms with Crippen LogP contribution >= 0.6 is 0 Å². The predicted molar refractivity (Wildman–Crippen MR) is 57.2 cm³/mol. The lowest BCUT2D eigenvalue weighted by atomic mass is 10.3. The third-order valence-electron chi connectivity index (χ3n) is 1.97. The maximum absolute atomic E-state index is 8.75. The largest absolute Gasteiger partial charge is 0.396 e. The van der Waals surface area contributed by atoms with Gasteiger partial charge in [-0.05, 0) is 12.1 Å². The van der Waals surface area contributed by atoms with Crippen molar-refractivity contribution in [2.75, 3.05) is 11.1 Å². The number of anilines is 2. The lowest BCUT2D eigenvalue weighted by Gasteiger charge is -2.04. The lowest BCUT2D eigenvalue weighted by molar-refractivity contribution is 0.412. The van der Waals surface area contributed by atoms with Gasteiger partial charge < -0.3 is 15.6 Å². The van der Waals surface area contributed by atoms with Gasteiger partial charge in [0.2, 0.25) is 0 Å². The molecular weight excluding hydrogens is 206 g/mol. The predicted octanol–water partition coefficient (Wildman–Crippen LogP) is 1.14. The molecule has 0 aliphatic rings. The van der Waals surface area contributed by atoms with Crippen LogP contribution in [0.3, 0.4) is 0 Å². The van der Waals surface area contributed by atoms with Gasteiger partial charge >= 0.3 is 0 Å². The topological polar surface area (TPSA) is 101 Å². The normalized spacial score (nSPS) is 9.69. The molecule has 2 aromatic rings. The number of hydrogen-bond donors (Lipinski definition) is 2. The fraction of sp³-hybridized carbons (Fsp3) is 0.100. The first-order chi connectivity index (χ1) is 7.79. The minimum absolute atomic E-state index is 0.213. The maximum atomic E-state index is 8.75. The van der Waals surface area contributed by atoms with E-state index in [1.54, 1.807) is 18.2 Å². The average molecular weight is 215 g/mol. The Morgan fingerprint density at radius 1 is 1.44 bits per heavy atom. The highest BCUT2D eigenvalue weighted by molar-refractivity contribution is 5.54. The van der Waals surface area contributed by atoms with E-state index in [1.807, 2.05) is 6.07 Å². The molecule has 0 aliphatic carbocycles. The van der Waals surface area contributed by atoms with Gasteiger partial charge in [0.25, 0.3) is 0 Å². The highest BCUT2D eigenvalue weighted by atomic mass is 16.5. The van der Waals surface area contributed by atoms with Crippen molar-refractivity contribution in [3.63, 3.8) is 0 Å². The molecule has 2 aromatic heterocycles. The van der Waals surface area contributed by atoms with Gasteiger partial charge in [0.1, 0.15) is 23.8 Å². The second kappa shape index (κ2) is 4.31. The van der Waals surface area contributed by atoms with Gasteiger partial charge in [-0.15, -0.1) is 0 Å². The standard InChI is InChI=1S/C10H9N5O/c11-5-9-8(12)1-2-10(14-9)13-6-7-3-4-16-15-7/h1-4H,6,12H2,(H,13,14). The molecule has 6 nitrogen and oxygen atoms in total. The van der Waals surface area contributed by atoms with Crippen molar-refractivity contribution in [1.82, 2.24) is 10.1 Å². The van der Waals surface area contributed by atoms with Gasteiger partial charge in [-0.25, -0.2) is 4.98 Å². The van der Waals surface area contributed by atoms with Crippen LogP contribution in [0.4, 0.5) is 11.5 Å². The molecule has 2 heterocycles. The quantitative estimate of drug-likeness (QED) is 0.796. The van der Waals surface area contributed by atoms with Crippen LogP contribution in [0.1, 0.15) is 11.4 Å². The Morgan fingerprint density at radius 3 is 3.00 bits per heavy atom. The molecule has 0 saturated heterocycles. The van der Waals surface area contributed by atoms with Gasteiger partial charge in [0.15, 0.2) is 5.69 Å².